The smallest absolute Gasteiger partial charge is 0.422 e. The highest BCUT2D eigenvalue weighted by Gasteiger charge is 2.29. The monoisotopic (exact) mass is 433 g/mol. The first-order valence-corrected chi connectivity index (χ1v) is 9.99. The minimum Gasteiger partial charge on any atom is -0.468 e. The van der Waals surface area contributed by atoms with Gasteiger partial charge in [0.05, 0.1) is 16.9 Å². The van der Waals surface area contributed by atoms with Gasteiger partial charge in [0.25, 0.3) is 0 Å². The van der Waals surface area contributed by atoms with E-state index in [4.69, 9.17) is 4.74 Å². The summed E-state index contributed by atoms with van der Waals surface area (Å²) in [5.41, 5.74) is 1.94. The fourth-order valence-electron chi connectivity index (χ4n) is 3.29. The Kier molecular flexibility index (Phi) is 5.55. The molecule has 1 aliphatic rings. The van der Waals surface area contributed by atoms with Crippen molar-refractivity contribution in [3.8, 4) is 5.88 Å². The number of anilines is 1. The number of carbonyl (C=O) groups excluding carboxylic acids is 1. The number of carbonyl (C=O) groups is 1. The molecule has 10 heteroatoms. The summed E-state index contributed by atoms with van der Waals surface area (Å²) in [6.07, 6.45) is 3.12. The molecule has 164 valence electrons. The fourth-order valence-corrected chi connectivity index (χ4v) is 3.29. The van der Waals surface area contributed by atoms with E-state index >= 15 is 0 Å². The first-order valence-electron chi connectivity index (χ1n) is 9.99. The first-order chi connectivity index (χ1) is 14.7. The normalized spacial score (nSPS) is 15.1. The number of aromatic nitrogens is 4. The van der Waals surface area contributed by atoms with Crippen LogP contribution in [-0.2, 0) is 4.79 Å². The molecule has 1 amide bonds. The molecular weight excluding hydrogens is 411 g/mol. The second-order valence-electron chi connectivity index (χ2n) is 7.87. The van der Waals surface area contributed by atoms with E-state index in [0.717, 1.165) is 18.4 Å². The molecule has 1 unspecified atom stereocenters. The van der Waals surface area contributed by atoms with Gasteiger partial charge in [-0.25, -0.2) is 9.97 Å². The molecule has 4 rings (SSSR count). The number of hydrogen-bond acceptors (Lipinski definition) is 5. The van der Waals surface area contributed by atoms with Gasteiger partial charge in [-0.3, -0.25) is 9.48 Å². The minimum atomic E-state index is -4.42. The third-order valence-electron chi connectivity index (χ3n) is 5.18. The van der Waals surface area contributed by atoms with Crippen LogP contribution < -0.4 is 10.1 Å². The van der Waals surface area contributed by atoms with Crippen LogP contribution in [0.25, 0.3) is 10.9 Å². The number of ether oxygens (including phenoxy) is 1. The second kappa shape index (κ2) is 8.16. The van der Waals surface area contributed by atoms with Crippen LogP contribution in [0.2, 0.25) is 0 Å². The highest BCUT2D eigenvalue weighted by Crippen LogP contribution is 2.33. The van der Waals surface area contributed by atoms with Crippen LogP contribution in [0.3, 0.4) is 0 Å². The van der Waals surface area contributed by atoms with E-state index in [1.165, 1.54) is 6.20 Å². The molecule has 3 aromatic heterocycles. The molecule has 0 bridgehead atoms. The van der Waals surface area contributed by atoms with E-state index < -0.39 is 12.8 Å². The molecule has 7 nitrogen and oxygen atoms in total. The number of amides is 1. The predicted molar refractivity (Wildman–Crippen MR) is 108 cm³/mol. The van der Waals surface area contributed by atoms with Crippen LogP contribution in [-0.4, -0.2) is 38.4 Å². The Bertz CT molecular complexity index is 1110. The summed E-state index contributed by atoms with van der Waals surface area (Å²) in [4.78, 5) is 20.5. The van der Waals surface area contributed by atoms with Gasteiger partial charge in [0.2, 0.25) is 11.8 Å². The van der Waals surface area contributed by atoms with Crippen molar-refractivity contribution < 1.29 is 22.7 Å². The molecular formula is C21H22F3N5O2. The molecule has 0 radical (unpaired) electrons. The van der Waals surface area contributed by atoms with Crippen molar-refractivity contribution in [2.45, 2.75) is 45.3 Å². The standard InChI is InChI=1S/C21H22F3N5O2/c1-12-7-15(9-26-20(12)31-11-21(22,23)24)13(2)29-10-16-17(28-29)5-6-25-19(16)27-18(30)8-14-3-4-14/h5-7,9-10,13-14H,3-4,8,11H2,1-2H3,(H,25,27,30). The zero-order valence-electron chi connectivity index (χ0n) is 17.1. The molecule has 0 spiro atoms. The number of nitrogens with one attached hydrogen (secondary N) is 1. The van der Waals surface area contributed by atoms with E-state index in [2.05, 4.69) is 20.4 Å². The van der Waals surface area contributed by atoms with Gasteiger partial charge in [0, 0.05) is 30.6 Å². The molecule has 0 saturated heterocycles. The summed E-state index contributed by atoms with van der Waals surface area (Å²) in [5.74, 6) is 0.828. The topological polar surface area (TPSA) is 81.9 Å². The number of rotatable bonds is 7. The zero-order valence-corrected chi connectivity index (χ0v) is 17.1. The van der Waals surface area contributed by atoms with Gasteiger partial charge in [0.15, 0.2) is 6.61 Å². The Hall–Kier alpha value is -3.17. The van der Waals surface area contributed by atoms with Crippen LogP contribution in [0.4, 0.5) is 19.0 Å². The Morgan fingerprint density at radius 3 is 2.81 bits per heavy atom. The van der Waals surface area contributed by atoms with Crippen molar-refractivity contribution in [1.82, 2.24) is 19.7 Å². The van der Waals surface area contributed by atoms with E-state index in [1.54, 1.807) is 36.1 Å². The fraction of sp³-hybridized carbons (Fsp3) is 0.429. The van der Waals surface area contributed by atoms with E-state index in [0.29, 0.717) is 34.6 Å². The number of fused-ring (bicyclic) bond motifs is 1. The summed E-state index contributed by atoms with van der Waals surface area (Å²) >= 11 is 0. The average Bonchev–Trinajstić information content (AvgIpc) is 3.39. The van der Waals surface area contributed by atoms with Crippen LogP contribution in [0.5, 0.6) is 5.88 Å². The maximum atomic E-state index is 12.4. The first kappa shape index (κ1) is 21.1. The van der Waals surface area contributed by atoms with E-state index in [-0.39, 0.29) is 17.8 Å². The lowest BCUT2D eigenvalue weighted by Crippen LogP contribution is -2.20. The molecule has 1 fully saturated rings. The van der Waals surface area contributed by atoms with Gasteiger partial charge in [-0.1, -0.05) is 0 Å². The van der Waals surface area contributed by atoms with Crippen LogP contribution >= 0.6 is 0 Å². The molecule has 3 aromatic rings. The molecule has 1 saturated carbocycles. The van der Waals surface area contributed by atoms with Crippen molar-refractivity contribution in [2.75, 3.05) is 11.9 Å². The van der Waals surface area contributed by atoms with Crippen LogP contribution in [0.1, 0.15) is 43.4 Å². The van der Waals surface area contributed by atoms with Crippen molar-refractivity contribution in [1.29, 1.82) is 0 Å². The highest BCUT2D eigenvalue weighted by atomic mass is 19.4. The van der Waals surface area contributed by atoms with Crippen molar-refractivity contribution in [3.05, 3.63) is 41.9 Å². The zero-order chi connectivity index (χ0) is 22.2. The predicted octanol–water partition coefficient (Wildman–Crippen LogP) is 4.42. The SMILES string of the molecule is Cc1cc(C(C)n2cc3c(NC(=O)CC4CC4)nccc3n2)cnc1OCC(F)(F)F. The maximum absolute atomic E-state index is 12.4. The number of aryl methyl sites for hydroxylation is 1. The van der Waals surface area contributed by atoms with Gasteiger partial charge < -0.3 is 10.1 Å². The Balaban J connectivity index is 1.53. The van der Waals surface area contributed by atoms with Gasteiger partial charge in [-0.05, 0) is 50.3 Å². The average molecular weight is 433 g/mol. The summed E-state index contributed by atoms with van der Waals surface area (Å²) in [6, 6.07) is 3.24. The molecule has 1 aliphatic carbocycles. The molecule has 0 aliphatic heterocycles. The number of alkyl halides is 3. The van der Waals surface area contributed by atoms with E-state index in [1.807, 2.05) is 6.92 Å². The van der Waals surface area contributed by atoms with Crippen LogP contribution in [0, 0.1) is 12.8 Å². The minimum absolute atomic E-state index is 0.0521. The van der Waals surface area contributed by atoms with Crippen molar-refractivity contribution in [2.24, 2.45) is 5.92 Å². The summed E-state index contributed by atoms with van der Waals surface area (Å²) < 4.78 is 43.6. The lowest BCUT2D eigenvalue weighted by atomic mass is 10.1. The summed E-state index contributed by atoms with van der Waals surface area (Å²) in [5, 5.41) is 8.15. The number of hydrogen-bond donors (Lipinski definition) is 1. The lowest BCUT2D eigenvalue weighted by molar-refractivity contribution is -0.154. The second-order valence-corrected chi connectivity index (χ2v) is 7.87. The van der Waals surface area contributed by atoms with Crippen LogP contribution in [0.15, 0.2) is 30.7 Å². The van der Waals surface area contributed by atoms with Gasteiger partial charge in [-0.15, -0.1) is 0 Å². The molecule has 1 N–H and O–H groups in total. The molecule has 0 aromatic carbocycles. The highest BCUT2D eigenvalue weighted by molar-refractivity contribution is 5.99. The van der Waals surface area contributed by atoms with Gasteiger partial charge in [0.1, 0.15) is 5.82 Å². The summed E-state index contributed by atoms with van der Waals surface area (Å²) in [7, 11) is 0. The third-order valence-corrected chi connectivity index (χ3v) is 5.18. The Morgan fingerprint density at radius 1 is 1.35 bits per heavy atom. The van der Waals surface area contributed by atoms with Gasteiger partial charge >= 0.3 is 6.18 Å². The molecule has 3 heterocycles. The third kappa shape index (κ3) is 5.12. The van der Waals surface area contributed by atoms with Crippen molar-refractivity contribution >= 4 is 22.6 Å². The maximum Gasteiger partial charge on any atom is 0.422 e. The summed E-state index contributed by atoms with van der Waals surface area (Å²) in [6.45, 7) is 2.16. The lowest BCUT2D eigenvalue weighted by Gasteiger charge is -2.15. The Labute approximate surface area is 176 Å². The Morgan fingerprint density at radius 2 is 2.13 bits per heavy atom. The largest absolute Gasteiger partial charge is 0.468 e. The van der Waals surface area contributed by atoms with Crippen molar-refractivity contribution in [3.63, 3.8) is 0 Å². The number of nitrogens with zero attached hydrogens (tertiary/aromatic N) is 4. The van der Waals surface area contributed by atoms with E-state index in [9.17, 15) is 18.0 Å². The number of halogens is 3. The van der Waals surface area contributed by atoms with Gasteiger partial charge in [-0.2, -0.15) is 18.3 Å². The molecule has 1 atom stereocenters. The molecule has 31 heavy (non-hydrogen) atoms. The number of pyridine rings is 2. The quantitative estimate of drug-likeness (QED) is 0.596.